The number of methoxy groups -OCH3 is 1. The minimum atomic E-state index is -0.186. The summed E-state index contributed by atoms with van der Waals surface area (Å²) in [5, 5.41) is 5.94. The zero-order valence-corrected chi connectivity index (χ0v) is 15.0. The van der Waals surface area contributed by atoms with E-state index in [1.54, 1.807) is 19.4 Å². The lowest BCUT2D eigenvalue weighted by Crippen LogP contribution is -2.39. The molecular formula is C18H21N5O3. The topological polar surface area (TPSA) is 98.3 Å². The van der Waals surface area contributed by atoms with Gasteiger partial charge in [0.15, 0.2) is 5.75 Å². The van der Waals surface area contributed by atoms with Crippen molar-refractivity contribution in [1.82, 2.24) is 15.0 Å². The van der Waals surface area contributed by atoms with Gasteiger partial charge in [-0.2, -0.15) is 0 Å². The Labute approximate surface area is 151 Å². The molecule has 1 aliphatic carbocycles. The highest BCUT2D eigenvalue weighted by Gasteiger charge is 2.55. The molecule has 0 aromatic carbocycles. The number of ether oxygens (including phenoxy) is 2. The van der Waals surface area contributed by atoms with Crippen LogP contribution in [-0.4, -0.2) is 40.7 Å². The third-order valence-electron chi connectivity index (χ3n) is 4.81. The quantitative estimate of drug-likeness (QED) is 0.849. The summed E-state index contributed by atoms with van der Waals surface area (Å²) >= 11 is 0. The molecule has 2 saturated heterocycles. The fourth-order valence-corrected chi connectivity index (χ4v) is 3.53. The number of rotatable bonds is 5. The van der Waals surface area contributed by atoms with Crippen molar-refractivity contribution in [2.24, 2.45) is 0 Å². The van der Waals surface area contributed by atoms with E-state index >= 15 is 0 Å². The zero-order chi connectivity index (χ0) is 18.3. The van der Waals surface area contributed by atoms with Gasteiger partial charge in [-0.3, -0.25) is 4.79 Å². The standard InChI is InChI=1S/C18H21N5O3/c1-10-4-16(23-17(20-10)18-6-12(7-18)26-9-18)22-13-5-15(21-11(2)24)19-8-14(13)25-3/h4-5,8,12H,6-7,9H2,1-3H3,(H2,19,20,21,22,23,24). The monoisotopic (exact) mass is 355 g/mol. The van der Waals surface area contributed by atoms with E-state index in [-0.39, 0.29) is 11.3 Å². The Morgan fingerprint density at radius 3 is 2.77 bits per heavy atom. The van der Waals surface area contributed by atoms with E-state index in [1.807, 2.05) is 13.0 Å². The predicted octanol–water partition coefficient (Wildman–Crippen LogP) is 2.32. The number of pyridine rings is 1. The number of aryl methyl sites for hydroxylation is 1. The SMILES string of the molecule is COc1cnc(NC(C)=O)cc1Nc1cc(C)nc(C23COC(C2)C3)n1. The maximum Gasteiger partial charge on any atom is 0.222 e. The molecule has 8 heteroatoms. The number of carbonyl (C=O) groups is 1. The Kier molecular flexibility index (Phi) is 3.99. The molecule has 2 aliphatic heterocycles. The lowest BCUT2D eigenvalue weighted by Gasteiger charge is -2.33. The summed E-state index contributed by atoms with van der Waals surface area (Å²) in [7, 11) is 1.57. The van der Waals surface area contributed by atoms with Crippen molar-refractivity contribution in [3.63, 3.8) is 0 Å². The highest BCUT2D eigenvalue weighted by atomic mass is 16.5. The summed E-state index contributed by atoms with van der Waals surface area (Å²) < 4.78 is 11.1. The van der Waals surface area contributed by atoms with Gasteiger partial charge in [0, 0.05) is 24.8 Å². The lowest BCUT2D eigenvalue weighted by atomic mass is 9.69. The Bertz CT molecular complexity index is 858. The number of anilines is 3. The Morgan fingerprint density at radius 2 is 2.12 bits per heavy atom. The molecule has 136 valence electrons. The maximum absolute atomic E-state index is 11.3. The van der Waals surface area contributed by atoms with E-state index in [0.717, 1.165) is 24.4 Å². The second-order valence-corrected chi connectivity index (χ2v) is 6.92. The van der Waals surface area contributed by atoms with Crippen molar-refractivity contribution in [1.29, 1.82) is 0 Å². The van der Waals surface area contributed by atoms with Crippen LogP contribution in [0.4, 0.5) is 17.3 Å². The summed E-state index contributed by atoms with van der Waals surface area (Å²) in [6, 6.07) is 3.59. The molecule has 0 atom stereocenters. The Hall–Kier alpha value is -2.74. The number of hydrogen-bond acceptors (Lipinski definition) is 7. The molecule has 2 aromatic heterocycles. The number of aromatic nitrogens is 3. The predicted molar refractivity (Wildman–Crippen MR) is 95.8 cm³/mol. The molecular weight excluding hydrogens is 334 g/mol. The van der Waals surface area contributed by atoms with E-state index in [1.165, 1.54) is 6.92 Å². The average molecular weight is 355 g/mol. The van der Waals surface area contributed by atoms with Gasteiger partial charge in [-0.1, -0.05) is 0 Å². The molecule has 1 amide bonds. The molecule has 26 heavy (non-hydrogen) atoms. The first-order chi connectivity index (χ1) is 12.5. The van der Waals surface area contributed by atoms with Crippen LogP contribution in [0.1, 0.15) is 31.3 Å². The molecule has 2 bridgehead atoms. The number of nitrogens with zero attached hydrogens (tertiary/aromatic N) is 3. The minimum Gasteiger partial charge on any atom is -0.493 e. The fraction of sp³-hybridized carbons (Fsp3) is 0.444. The number of fused-ring (bicyclic) bond motifs is 1. The summed E-state index contributed by atoms with van der Waals surface area (Å²) in [6.45, 7) is 4.07. The van der Waals surface area contributed by atoms with Crippen LogP contribution in [0.3, 0.4) is 0 Å². The van der Waals surface area contributed by atoms with Gasteiger partial charge in [0.1, 0.15) is 17.5 Å². The van der Waals surface area contributed by atoms with E-state index < -0.39 is 0 Å². The van der Waals surface area contributed by atoms with Crippen molar-refractivity contribution < 1.29 is 14.3 Å². The maximum atomic E-state index is 11.3. The highest BCUT2D eigenvalue weighted by Crippen LogP contribution is 2.50. The van der Waals surface area contributed by atoms with Crippen molar-refractivity contribution in [2.45, 2.75) is 38.2 Å². The molecule has 1 saturated carbocycles. The van der Waals surface area contributed by atoms with Crippen LogP contribution >= 0.6 is 0 Å². The first-order valence-corrected chi connectivity index (χ1v) is 8.54. The molecule has 4 heterocycles. The summed E-state index contributed by atoms with van der Waals surface area (Å²) in [4.78, 5) is 24.8. The molecule has 0 radical (unpaired) electrons. The minimum absolute atomic E-state index is 0.0448. The number of nitrogens with one attached hydrogen (secondary N) is 2. The largest absolute Gasteiger partial charge is 0.493 e. The van der Waals surface area contributed by atoms with Gasteiger partial charge in [-0.25, -0.2) is 15.0 Å². The Morgan fingerprint density at radius 1 is 1.31 bits per heavy atom. The van der Waals surface area contributed by atoms with E-state index in [4.69, 9.17) is 14.5 Å². The van der Waals surface area contributed by atoms with Gasteiger partial charge in [-0.15, -0.1) is 0 Å². The first-order valence-electron chi connectivity index (χ1n) is 8.54. The zero-order valence-electron chi connectivity index (χ0n) is 15.0. The van der Waals surface area contributed by atoms with Crippen molar-refractivity contribution in [3.8, 4) is 5.75 Å². The smallest absolute Gasteiger partial charge is 0.222 e. The van der Waals surface area contributed by atoms with Crippen molar-refractivity contribution >= 4 is 23.2 Å². The molecule has 8 nitrogen and oxygen atoms in total. The van der Waals surface area contributed by atoms with Gasteiger partial charge in [0.05, 0.1) is 37.1 Å². The number of carbonyl (C=O) groups excluding carboxylic acids is 1. The first kappa shape index (κ1) is 16.7. The molecule has 0 spiro atoms. The third-order valence-corrected chi connectivity index (χ3v) is 4.81. The van der Waals surface area contributed by atoms with E-state index in [2.05, 4.69) is 20.6 Å². The molecule has 0 unspecified atom stereocenters. The third kappa shape index (κ3) is 2.96. The molecule has 3 fully saturated rings. The van der Waals surface area contributed by atoms with Crippen LogP contribution in [0.2, 0.25) is 0 Å². The molecule has 5 rings (SSSR count). The summed E-state index contributed by atoms with van der Waals surface area (Å²) in [6.07, 6.45) is 3.89. The van der Waals surface area contributed by atoms with Crippen LogP contribution < -0.4 is 15.4 Å². The number of hydrogen-bond donors (Lipinski definition) is 2. The average Bonchev–Trinajstić information content (AvgIpc) is 3.15. The molecule has 2 N–H and O–H groups in total. The Balaban J connectivity index is 1.64. The van der Waals surface area contributed by atoms with Gasteiger partial charge >= 0.3 is 0 Å². The van der Waals surface area contributed by atoms with E-state index in [9.17, 15) is 4.79 Å². The van der Waals surface area contributed by atoms with Crippen LogP contribution in [0.5, 0.6) is 5.75 Å². The van der Waals surface area contributed by atoms with Crippen molar-refractivity contribution in [3.05, 3.63) is 29.8 Å². The van der Waals surface area contributed by atoms with Gasteiger partial charge in [-0.05, 0) is 19.8 Å². The second kappa shape index (κ2) is 6.21. The normalized spacial score (nSPS) is 23.3. The van der Waals surface area contributed by atoms with Crippen molar-refractivity contribution in [2.75, 3.05) is 24.4 Å². The van der Waals surface area contributed by atoms with Gasteiger partial charge in [0.2, 0.25) is 5.91 Å². The summed E-state index contributed by atoms with van der Waals surface area (Å²) in [5.74, 6) is 2.31. The van der Waals surface area contributed by atoms with Crippen LogP contribution in [0, 0.1) is 6.92 Å². The van der Waals surface area contributed by atoms with Gasteiger partial charge in [0.25, 0.3) is 0 Å². The lowest BCUT2D eigenvalue weighted by molar-refractivity contribution is -0.114. The molecule has 3 aliphatic rings. The molecule has 2 aromatic rings. The van der Waals surface area contributed by atoms with Crippen LogP contribution in [-0.2, 0) is 14.9 Å². The van der Waals surface area contributed by atoms with Crippen LogP contribution in [0.25, 0.3) is 0 Å². The second-order valence-electron chi connectivity index (χ2n) is 6.92. The fourth-order valence-electron chi connectivity index (χ4n) is 3.53. The van der Waals surface area contributed by atoms with Gasteiger partial charge < -0.3 is 20.1 Å². The van der Waals surface area contributed by atoms with Crippen LogP contribution in [0.15, 0.2) is 18.3 Å². The summed E-state index contributed by atoms with van der Waals surface area (Å²) in [5.41, 5.74) is 1.51. The van der Waals surface area contributed by atoms with E-state index in [0.29, 0.717) is 35.8 Å². The number of amides is 1. The highest BCUT2D eigenvalue weighted by molar-refractivity contribution is 5.88.